The summed E-state index contributed by atoms with van der Waals surface area (Å²) in [6.07, 6.45) is 0.936. The van der Waals surface area contributed by atoms with Gasteiger partial charge in [0.25, 0.3) is 0 Å². The second kappa shape index (κ2) is 3.60. The van der Waals surface area contributed by atoms with Gasteiger partial charge in [-0.15, -0.1) is 12.4 Å². The van der Waals surface area contributed by atoms with Gasteiger partial charge in [-0.1, -0.05) is 0 Å². The molecule has 2 saturated heterocycles. The molecule has 2 N–H and O–H groups in total. The van der Waals surface area contributed by atoms with Crippen molar-refractivity contribution in [2.24, 2.45) is 0 Å². The van der Waals surface area contributed by atoms with Crippen LogP contribution in [0.2, 0.25) is 0 Å². The van der Waals surface area contributed by atoms with Gasteiger partial charge in [-0.3, -0.25) is 4.79 Å². The van der Waals surface area contributed by atoms with Crippen LogP contribution in [0.1, 0.15) is 6.42 Å². The highest BCUT2D eigenvalue weighted by molar-refractivity contribution is 5.85. The van der Waals surface area contributed by atoms with Crippen molar-refractivity contribution in [2.45, 2.75) is 12.0 Å². The minimum Gasteiger partial charge on any atom is -0.372 e. The van der Waals surface area contributed by atoms with E-state index in [2.05, 4.69) is 10.6 Å². The van der Waals surface area contributed by atoms with Crippen molar-refractivity contribution in [1.29, 1.82) is 0 Å². The second-order valence-corrected chi connectivity index (χ2v) is 3.23. The lowest BCUT2D eigenvalue weighted by atomic mass is 9.89. The summed E-state index contributed by atoms with van der Waals surface area (Å²) >= 11 is 0. The Morgan fingerprint density at radius 3 is 2.75 bits per heavy atom. The van der Waals surface area contributed by atoms with E-state index in [1.807, 2.05) is 0 Å². The number of hydrogen-bond donors (Lipinski definition) is 2. The molecule has 4 nitrogen and oxygen atoms in total. The van der Waals surface area contributed by atoms with Gasteiger partial charge in [0.05, 0.1) is 5.54 Å². The third-order valence-electron chi connectivity index (χ3n) is 2.29. The molecule has 1 amide bonds. The van der Waals surface area contributed by atoms with Gasteiger partial charge < -0.3 is 15.4 Å². The summed E-state index contributed by atoms with van der Waals surface area (Å²) < 4.78 is 5.10. The first-order valence-corrected chi connectivity index (χ1v) is 3.90. The van der Waals surface area contributed by atoms with Gasteiger partial charge in [0.15, 0.2) is 0 Å². The number of halogens is 1. The molecule has 0 aromatic carbocycles. The van der Waals surface area contributed by atoms with E-state index in [-0.39, 0.29) is 30.5 Å². The highest BCUT2D eigenvalue weighted by Crippen LogP contribution is 2.17. The van der Waals surface area contributed by atoms with Gasteiger partial charge in [0.2, 0.25) is 5.91 Å². The highest BCUT2D eigenvalue weighted by Gasteiger charge is 2.39. The van der Waals surface area contributed by atoms with Gasteiger partial charge in [0, 0.05) is 19.7 Å². The van der Waals surface area contributed by atoms with Crippen molar-refractivity contribution in [3.8, 4) is 0 Å². The molecular weight excluding hydrogens is 180 g/mol. The first kappa shape index (κ1) is 9.77. The topological polar surface area (TPSA) is 50.4 Å². The lowest BCUT2D eigenvalue weighted by molar-refractivity contribution is -0.125. The van der Waals surface area contributed by atoms with Crippen molar-refractivity contribution < 1.29 is 9.53 Å². The Hall–Kier alpha value is -0.320. The van der Waals surface area contributed by atoms with Gasteiger partial charge in [-0.05, 0) is 6.42 Å². The van der Waals surface area contributed by atoms with Crippen LogP contribution in [-0.2, 0) is 9.53 Å². The summed E-state index contributed by atoms with van der Waals surface area (Å²) in [6, 6.07) is 0. The third-order valence-corrected chi connectivity index (χ3v) is 2.29. The molecule has 70 valence electrons. The molecule has 2 aliphatic rings. The van der Waals surface area contributed by atoms with E-state index in [9.17, 15) is 4.79 Å². The maximum Gasteiger partial charge on any atom is 0.246 e. The predicted octanol–water partition coefficient (Wildman–Crippen LogP) is -0.713. The van der Waals surface area contributed by atoms with Crippen LogP contribution in [0, 0.1) is 0 Å². The van der Waals surface area contributed by atoms with Crippen molar-refractivity contribution in [2.75, 3.05) is 26.3 Å². The van der Waals surface area contributed by atoms with Crippen LogP contribution in [0.3, 0.4) is 0 Å². The molecule has 1 spiro atoms. The molecule has 2 fully saturated rings. The van der Waals surface area contributed by atoms with E-state index in [4.69, 9.17) is 4.74 Å². The molecule has 0 aromatic rings. The number of rotatable bonds is 0. The maximum absolute atomic E-state index is 11.0. The van der Waals surface area contributed by atoms with E-state index in [1.165, 1.54) is 0 Å². The third kappa shape index (κ3) is 1.71. The van der Waals surface area contributed by atoms with E-state index in [0.29, 0.717) is 6.61 Å². The molecule has 0 atom stereocenters. The maximum atomic E-state index is 11.0. The Labute approximate surface area is 77.4 Å². The fraction of sp³-hybridized carbons (Fsp3) is 0.857. The molecule has 0 saturated carbocycles. The lowest BCUT2D eigenvalue weighted by Gasteiger charge is -2.41. The quantitative estimate of drug-likeness (QED) is 0.533. The minimum atomic E-state index is 0. The standard InChI is InChI=1S/C7H12N2O2.ClH/c10-6-3-11-2-1-7(9-6)4-8-5-7;/h8H,1-5H2,(H,9,10);1H. The molecule has 5 heteroatoms. The first-order chi connectivity index (χ1) is 5.31. The molecule has 12 heavy (non-hydrogen) atoms. The zero-order chi connectivity index (χ0) is 7.73. The van der Waals surface area contributed by atoms with Gasteiger partial charge in [0.1, 0.15) is 6.61 Å². The minimum absolute atomic E-state index is 0. The van der Waals surface area contributed by atoms with Crippen LogP contribution in [0.4, 0.5) is 0 Å². The van der Waals surface area contributed by atoms with Crippen LogP contribution in [-0.4, -0.2) is 37.7 Å². The summed E-state index contributed by atoms with van der Waals surface area (Å²) in [5, 5.41) is 6.12. The molecule has 0 radical (unpaired) electrons. The SMILES string of the molecule is Cl.O=C1COCCC2(CNC2)N1. The number of ether oxygens (including phenoxy) is 1. The van der Waals surface area contributed by atoms with Crippen LogP contribution in [0.15, 0.2) is 0 Å². The second-order valence-electron chi connectivity index (χ2n) is 3.23. The molecular formula is C7H13ClN2O2. The normalized spacial score (nSPS) is 26.5. The van der Waals surface area contributed by atoms with Crippen LogP contribution >= 0.6 is 12.4 Å². The number of amides is 1. The summed E-state index contributed by atoms with van der Waals surface area (Å²) in [7, 11) is 0. The van der Waals surface area contributed by atoms with Crippen LogP contribution in [0.5, 0.6) is 0 Å². The van der Waals surface area contributed by atoms with Gasteiger partial charge in [-0.25, -0.2) is 0 Å². The number of carbonyl (C=O) groups is 1. The molecule has 2 aliphatic heterocycles. The molecule has 0 bridgehead atoms. The molecule has 0 unspecified atom stereocenters. The molecule has 0 aliphatic carbocycles. The van der Waals surface area contributed by atoms with Crippen LogP contribution in [0.25, 0.3) is 0 Å². The average molecular weight is 193 g/mol. The van der Waals surface area contributed by atoms with E-state index in [1.54, 1.807) is 0 Å². The van der Waals surface area contributed by atoms with Gasteiger partial charge >= 0.3 is 0 Å². The largest absolute Gasteiger partial charge is 0.372 e. The zero-order valence-corrected chi connectivity index (χ0v) is 7.58. The highest BCUT2D eigenvalue weighted by atomic mass is 35.5. The van der Waals surface area contributed by atoms with Crippen molar-refractivity contribution in [3.63, 3.8) is 0 Å². The smallest absolute Gasteiger partial charge is 0.246 e. The van der Waals surface area contributed by atoms with Gasteiger partial charge in [-0.2, -0.15) is 0 Å². The monoisotopic (exact) mass is 192 g/mol. The fourth-order valence-electron chi connectivity index (χ4n) is 1.52. The Kier molecular flexibility index (Phi) is 2.93. The zero-order valence-electron chi connectivity index (χ0n) is 6.76. The number of nitrogens with one attached hydrogen (secondary N) is 2. The fourth-order valence-corrected chi connectivity index (χ4v) is 1.52. The van der Waals surface area contributed by atoms with E-state index in [0.717, 1.165) is 19.5 Å². The van der Waals surface area contributed by atoms with Crippen molar-refractivity contribution >= 4 is 18.3 Å². The molecule has 0 aromatic heterocycles. The molecule has 2 rings (SSSR count). The predicted molar refractivity (Wildman–Crippen MR) is 46.4 cm³/mol. The Morgan fingerprint density at radius 2 is 2.17 bits per heavy atom. The Bertz CT molecular complexity index is 182. The summed E-state index contributed by atoms with van der Waals surface area (Å²) in [5.74, 6) is 0.0176. The lowest BCUT2D eigenvalue weighted by Crippen LogP contribution is -2.68. The first-order valence-electron chi connectivity index (χ1n) is 3.90. The number of hydrogen-bond acceptors (Lipinski definition) is 3. The summed E-state index contributed by atoms with van der Waals surface area (Å²) in [4.78, 5) is 11.0. The number of carbonyl (C=O) groups excluding carboxylic acids is 1. The summed E-state index contributed by atoms with van der Waals surface area (Å²) in [5.41, 5.74) is 0.0214. The summed E-state index contributed by atoms with van der Waals surface area (Å²) in [6.45, 7) is 2.70. The van der Waals surface area contributed by atoms with E-state index < -0.39 is 0 Å². The van der Waals surface area contributed by atoms with E-state index >= 15 is 0 Å². The Balaban J connectivity index is 0.000000720. The van der Waals surface area contributed by atoms with Crippen LogP contribution < -0.4 is 10.6 Å². The van der Waals surface area contributed by atoms with Crippen molar-refractivity contribution in [1.82, 2.24) is 10.6 Å². The molecule has 2 heterocycles. The van der Waals surface area contributed by atoms with Crippen molar-refractivity contribution in [3.05, 3.63) is 0 Å². The average Bonchev–Trinajstić information content (AvgIpc) is 2.09. The Morgan fingerprint density at radius 1 is 1.42 bits per heavy atom.